The molecule has 0 fully saturated rings. The summed E-state index contributed by atoms with van der Waals surface area (Å²) in [5.41, 5.74) is 2.06. The number of phenolic OH excluding ortho intramolecular Hbond substituents is 1. The second-order valence-corrected chi connectivity index (χ2v) is 4.65. The molecule has 2 rings (SSSR count). The van der Waals surface area contributed by atoms with Crippen LogP contribution in [0, 0.1) is 0 Å². The Morgan fingerprint density at radius 1 is 0.938 bits per heavy atom. The molecule has 0 unspecified atom stereocenters. The van der Waals surface area contributed by atoms with E-state index in [0.717, 1.165) is 11.3 Å². The quantitative estimate of drug-likeness (QED) is 0.686. The predicted molar refractivity (Wildman–Crippen MR) is 74.8 cm³/mol. The highest BCUT2D eigenvalue weighted by atomic mass is 127. The molecular formula is C13H12INO. The van der Waals surface area contributed by atoms with Gasteiger partial charge in [0.2, 0.25) is 0 Å². The lowest BCUT2D eigenvalue weighted by molar-refractivity contribution is 0.469. The molecule has 0 bridgehead atoms. The van der Waals surface area contributed by atoms with Crippen LogP contribution in [-0.4, -0.2) is 5.11 Å². The number of hydrogen-bond donors (Lipinski definition) is 1. The second-order valence-electron chi connectivity index (χ2n) is 3.48. The second kappa shape index (κ2) is 5.21. The van der Waals surface area contributed by atoms with Crippen LogP contribution in [0.25, 0.3) is 0 Å². The van der Waals surface area contributed by atoms with Crippen LogP contribution in [0.1, 0.15) is 5.56 Å². The van der Waals surface area contributed by atoms with Crippen LogP contribution in [0.2, 0.25) is 0 Å². The van der Waals surface area contributed by atoms with Crippen molar-refractivity contribution in [2.45, 2.75) is 6.54 Å². The summed E-state index contributed by atoms with van der Waals surface area (Å²) < 4.78 is 2.08. The molecule has 3 heteroatoms. The molecule has 0 radical (unpaired) electrons. The minimum atomic E-state index is 0.347. The first-order valence-corrected chi connectivity index (χ1v) is 5.99. The standard InChI is InChI=1S/C13H12INO/c14-15(12-7-2-1-3-8-12)10-11-6-4-5-9-13(11)16/h1-9,16H,10H2. The van der Waals surface area contributed by atoms with E-state index in [1.807, 2.05) is 48.5 Å². The van der Waals surface area contributed by atoms with Gasteiger partial charge in [-0.3, -0.25) is 0 Å². The normalized spacial score (nSPS) is 10.1. The fraction of sp³-hybridized carbons (Fsp3) is 0.0769. The zero-order chi connectivity index (χ0) is 11.4. The van der Waals surface area contributed by atoms with Gasteiger partial charge in [0.25, 0.3) is 0 Å². The summed E-state index contributed by atoms with van der Waals surface area (Å²) in [5, 5.41) is 9.68. The Bertz CT molecular complexity index is 458. The van der Waals surface area contributed by atoms with E-state index in [2.05, 4.69) is 26.0 Å². The van der Waals surface area contributed by atoms with E-state index in [-0.39, 0.29) is 0 Å². The third-order valence-corrected chi connectivity index (χ3v) is 3.24. The van der Waals surface area contributed by atoms with E-state index in [4.69, 9.17) is 0 Å². The Balaban J connectivity index is 2.14. The first-order valence-electron chi connectivity index (χ1n) is 5.02. The summed E-state index contributed by atoms with van der Waals surface area (Å²) >= 11 is 2.25. The van der Waals surface area contributed by atoms with Crippen LogP contribution in [0.5, 0.6) is 5.75 Å². The monoisotopic (exact) mass is 325 g/mol. The maximum Gasteiger partial charge on any atom is 0.120 e. The Morgan fingerprint density at radius 2 is 1.56 bits per heavy atom. The zero-order valence-electron chi connectivity index (χ0n) is 8.68. The molecule has 0 spiro atoms. The van der Waals surface area contributed by atoms with Gasteiger partial charge in [-0.15, -0.1) is 0 Å². The van der Waals surface area contributed by atoms with Gasteiger partial charge in [-0.05, 0) is 18.2 Å². The van der Waals surface area contributed by atoms with E-state index in [0.29, 0.717) is 12.3 Å². The van der Waals surface area contributed by atoms with Crippen LogP contribution in [0.3, 0.4) is 0 Å². The van der Waals surface area contributed by atoms with E-state index < -0.39 is 0 Å². The van der Waals surface area contributed by atoms with E-state index >= 15 is 0 Å². The number of nitrogens with zero attached hydrogens (tertiary/aromatic N) is 1. The molecule has 0 aliphatic heterocycles. The fourth-order valence-corrected chi connectivity index (χ4v) is 2.16. The highest BCUT2D eigenvalue weighted by Crippen LogP contribution is 2.24. The molecule has 2 aromatic rings. The Kier molecular flexibility index (Phi) is 3.66. The third-order valence-electron chi connectivity index (χ3n) is 2.34. The van der Waals surface area contributed by atoms with Crippen molar-refractivity contribution in [3.8, 4) is 5.75 Å². The fourth-order valence-electron chi connectivity index (χ4n) is 1.48. The predicted octanol–water partition coefficient (Wildman–Crippen LogP) is 3.75. The number of hydrogen-bond acceptors (Lipinski definition) is 2. The molecule has 0 aromatic heterocycles. The van der Waals surface area contributed by atoms with Gasteiger partial charge in [-0.2, -0.15) is 0 Å². The molecule has 2 aromatic carbocycles. The van der Waals surface area contributed by atoms with Crippen molar-refractivity contribution < 1.29 is 5.11 Å². The van der Waals surface area contributed by atoms with Gasteiger partial charge in [0.05, 0.1) is 29.4 Å². The average Bonchev–Trinajstić information content (AvgIpc) is 2.33. The highest BCUT2D eigenvalue weighted by Gasteiger charge is 2.05. The van der Waals surface area contributed by atoms with Gasteiger partial charge < -0.3 is 8.22 Å². The molecule has 0 saturated carbocycles. The number of anilines is 1. The van der Waals surface area contributed by atoms with Gasteiger partial charge in [-0.1, -0.05) is 36.4 Å². The average molecular weight is 325 g/mol. The maximum atomic E-state index is 9.68. The maximum absolute atomic E-state index is 9.68. The molecular weight excluding hydrogens is 313 g/mol. The molecule has 82 valence electrons. The summed E-state index contributed by atoms with van der Waals surface area (Å²) in [5.74, 6) is 0.347. The van der Waals surface area contributed by atoms with Crippen molar-refractivity contribution in [2.75, 3.05) is 3.11 Å². The molecule has 0 amide bonds. The number of aromatic hydroxyl groups is 1. The Labute approximate surface area is 109 Å². The molecule has 2 nitrogen and oxygen atoms in total. The molecule has 0 saturated heterocycles. The van der Waals surface area contributed by atoms with Gasteiger partial charge >= 0.3 is 0 Å². The number of phenols is 1. The van der Waals surface area contributed by atoms with E-state index in [9.17, 15) is 5.11 Å². The third kappa shape index (κ3) is 2.66. The van der Waals surface area contributed by atoms with Gasteiger partial charge in [0, 0.05) is 11.3 Å². The summed E-state index contributed by atoms with van der Waals surface area (Å²) in [6, 6.07) is 17.5. The van der Waals surface area contributed by atoms with Crippen molar-refractivity contribution in [3.05, 3.63) is 60.2 Å². The highest BCUT2D eigenvalue weighted by molar-refractivity contribution is 14.1. The van der Waals surface area contributed by atoms with E-state index in [1.165, 1.54) is 0 Å². The minimum absolute atomic E-state index is 0.347. The lowest BCUT2D eigenvalue weighted by atomic mass is 10.2. The van der Waals surface area contributed by atoms with Crippen LogP contribution >= 0.6 is 22.9 Å². The Hall–Kier alpha value is -1.23. The lowest BCUT2D eigenvalue weighted by Crippen LogP contribution is -2.08. The summed E-state index contributed by atoms with van der Waals surface area (Å²) in [4.78, 5) is 0. The van der Waals surface area contributed by atoms with Crippen molar-refractivity contribution in [1.82, 2.24) is 0 Å². The van der Waals surface area contributed by atoms with E-state index in [1.54, 1.807) is 6.07 Å². The molecule has 0 heterocycles. The topological polar surface area (TPSA) is 23.5 Å². The molecule has 0 aliphatic rings. The summed E-state index contributed by atoms with van der Waals surface area (Å²) in [7, 11) is 0. The molecule has 0 aliphatic carbocycles. The van der Waals surface area contributed by atoms with Crippen LogP contribution in [0.4, 0.5) is 5.69 Å². The SMILES string of the molecule is Oc1ccccc1CN(I)c1ccccc1. The lowest BCUT2D eigenvalue weighted by Gasteiger charge is -2.17. The number of benzene rings is 2. The molecule has 1 N–H and O–H groups in total. The summed E-state index contributed by atoms with van der Waals surface area (Å²) in [6.45, 7) is 0.692. The van der Waals surface area contributed by atoms with Crippen molar-refractivity contribution >= 4 is 28.6 Å². The first kappa shape index (κ1) is 11.3. The van der Waals surface area contributed by atoms with Gasteiger partial charge in [-0.25, -0.2) is 0 Å². The zero-order valence-corrected chi connectivity index (χ0v) is 10.8. The van der Waals surface area contributed by atoms with Gasteiger partial charge in [0.15, 0.2) is 0 Å². The summed E-state index contributed by atoms with van der Waals surface area (Å²) in [6.07, 6.45) is 0. The largest absolute Gasteiger partial charge is 0.508 e. The Morgan fingerprint density at radius 3 is 2.25 bits per heavy atom. The smallest absolute Gasteiger partial charge is 0.120 e. The molecule has 16 heavy (non-hydrogen) atoms. The van der Waals surface area contributed by atoms with Gasteiger partial charge in [0.1, 0.15) is 5.75 Å². The van der Waals surface area contributed by atoms with Crippen molar-refractivity contribution in [1.29, 1.82) is 0 Å². The number of halogens is 1. The van der Waals surface area contributed by atoms with Crippen LogP contribution in [-0.2, 0) is 6.54 Å². The minimum Gasteiger partial charge on any atom is -0.508 e. The van der Waals surface area contributed by atoms with Crippen LogP contribution in [0.15, 0.2) is 54.6 Å². The first-order chi connectivity index (χ1) is 7.77. The molecule has 0 atom stereocenters. The van der Waals surface area contributed by atoms with Crippen LogP contribution < -0.4 is 3.11 Å². The number of para-hydroxylation sites is 2. The van der Waals surface area contributed by atoms with Crippen molar-refractivity contribution in [3.63, 3.8) is 0 Å². The number of rotatable bonds is 3. The van der Waals surface area contributed by atoms with Crippen molar-refractivity contribution in [2.24, 2.45) is 0 Å².